The van der Waals surface area contributed by atoms with Crippen LogP contribution in [-0.4, -0.2) is 35.3 Å². The van der Waals surface area contributed by atoms with E-state index in [1.165, 1.54) is 0 Å². The van der Waals surface area contributed by atoms with E-state index in [9.17, 15) is 0 Å². The Hall–Kier alpha value is -3.69. The number of aromatic nitrogens is 2. The molecule has 0 unspecified atom stereocenters. The largest absolute Gasteiger partial charge is 0.493 e. The molecule has 0 amide bonds. The first-order valence-corrected chi connectivity index (χ1v) is 11.0. The molecular weight excluding hydrogens is 442 g/mol. The predicted molar refractivity (Wildman–Crippen MR) is 133 cm³/mol. The zero-order chi connectivity index (χ0) is 22.3. The van der Waals surface area contributed by atoms with Crippen LogP contribution in [0.3, 0.4) is 0 Å². The molecule has 0 radical (unpaired) electrons. The molecule has 0 spiro atoms. The number of rotatable bonds is 7. The number of thiocarbonyl (C=S) groups is 1. The average molecular weight is 464 g/mol. The van der Waals surface area contributed by atoms with E-state index in [-0.39, 0.29) is 0 Å². The van der Waals surface area contributed by atoms with Gasteiger partial charge in [0, 0.05) is 23.5 Å². The maximum Gasteiger partial charge on any atom is 0.191 e. The van der Waals surface area contributed by atoms with Crippen LogP contribution in [0.25, 0.3) is 16.3 Å². The first-order valence-electron chi connectivity index (χ1n) is 9.69. The number of hydrogen-bond donors (Lipinski definition) is 2. The Morgan fingerprint density at radius 3 is 2.59 bits per heavy atom. The van der Waals surface area contributed by atoms with Crippen LogP contribution in [0.5, 0.6) is 11.5 Å². The molecule has 32 heavy (non-hydrogen) atoms. The van der Waals surface area contributed by atoms with Crippen LogP contribution in [0.15, 0.2) is 77.3 Å². The van der Waals surface area contributed by atoms with E-state index < -0.39 is 0 Å². The van der Waals surface area contributed by atoms with Gasteiger partial charge in [-0.05, 0) is 47.9 Å². The zero-order valence-corrected chi connectivity index (χ0v) is 19.1. The lowest BCUT2D eigenvalue weighted by Crippen LogP contribution is -2.23. The second-order valence-corrected chi connectivity index (χ2v) is 7.94. The van der Waals surface area contributed by atoms with Gasteiger partial charge in [0.1, 0.15) is 5.69 Å². The van der Waals surface area contributed by atoms with Crippen molar-refractivity contribution < 1.29 is 9.47 Å². The maximum atomic E-state index is 5.36. The van der Waals surface area contributed by atoms with Crippen molar-refractivity contribution in [1.82, 2.24) is 15.2 Å². The van der Waals surface area contributed by atoms with Gasteiger partial charge in [-0.1, -0.05) is 24.3 Å². The number of ether oxygens (including phenoxy) is 2. The van der Waals surface area contributed by atoms with Crippen molar-refractivity contribution in [2.24, 2.45) is 5.10 Å². The molecule has 0 aliphatic carbocycles. The number of thiophene rings is 1. The van der Waals surface area contributed by atoms with Crippen LogP contribution < -0.4 is 20.2 Å². The number of benzene rings is 2. The van der Waals surface area contributed by atoms with Gasteiger partial charge in [-0.15, -0.1) is 11.3 Å². The number of nitrogens with one attached hydrogen (secondary N) is 2. The zero-order valence-electron chi connectivity index (χ0n) is 17.5. The molecule has 0 aliphatic heterocycles. The summed E-state index contributed by atoms with van der Waals surface area (Å²) in [7, 11) is 3.18. The smallest absolute Gasteiger partial charge is 0.191 e. The molecule has 162 valence electrons. The van der Waals surface area contributed by atoms with E-state index in [0.717, 1.165) is 27.5 Å². The molecule has 2 N–H and O–H groups in total. The third-order valence-corrected chi connectivity index (χ3v) is 5.60. The van der Waals surface area contributed by atoms with Crippen molar-refractivity contribution in [3.8, 4) is 27.8 Å². The predicted octanol–water partition coefficient (Wildman–Crippen LogP) is 4.94. The fourth-order valence-electron chi connectivity index (χ4n) is 3.03. The van der Waals surface area contributed by atoms with Crippen LogP contribution in [0.1, 0.15) is 5.56 Å². The van der Waals surface area contributed by atoms with E-state index in [4.69, 9.17) is 26.8 Å². The first kappa shape index (κ1) is 21.5. The Morgan fingerprint density at radius 2 is 1.88 bits per heavy atom. The third-order valence-electron chi connectivity index (χ3n) is 4.53. The number of hydrogen-bond acceptors (Lipinski definition) is 6. The van der Waals surface area contributed by atoms with Crippen molar-refractivity contribution in [1.29, 1.82) is 0 Å². The summed E-state index contributed by atoms with van der Waals surface area (Å²) in [4.78, 5) is 1.06. The van der Waals surface area contributed by atoms with Gasteiger partial charge < -0.3 is 14.8 Å². The third kappa shape index (κ3) is 4.96. The van der Waals surface area contributed by atoms with E-state index in [0.29, 0.717) is 16.6 Å². The van der Waals surface area contributed by atoms with Crippen molar-refractivity contribution in [2.75, 3.05) is 19.5 Å². The molecule has 0 saturated carbocycles. The van der Waals surface area contributed by atoms with Gasteiger partial charge in [0.25, 0.3) is 0 Å². The van der Waals surface area contributed by atoms with Crippen molar-refractivity contribution >= 4 is 40.6 Å². The lowest BCUT2D eigenvalue weighted by atomic mass is 10.2. The van der Waals surface area contributed by atoms with Crippen molar-refractivity contribution in [3.05, 3.63) is 77.8 Å². The van der Waals surface area contributed by atoms with Crippen LogP contribution in [0, 0.1) is 0 Å². The van der Waals surface area contributed by atoms with Crippen LogP contribution in [0.4, 0.5) is 5.69 Å². The highest BCUT2D eigenvalue weighted by Gasteiger charge is 2.12. The van der Waals surface area contributed by atoms with Crippen molar-refractivity contribution in [2.45, 2.75) is 0 Å². The Morgan fingerprint density at radius 1 is 1.06 bits per heavy atom. The summed E-state index contributed by atoms with van der Waals surface area (Å²) in [6.07, 6.45) is 3.66. The minimum Gasteiger partial charge on any atom is -0.493 e. The number of methoxy groups -OCH3 is 2. The molecule has 4 aromatic rings. The normalized spacial score (nSPS) is 10.8. The lowest BCUT2D eigenvalue weighted by Gasteiger charge is -2.11. The fourth-order valence-corrected chi connectivity index (χ4v) is 3.93. The van der Waals surface area contributed by atoms with E-state index in [1.807, 2.05) is 64.8 Å². The minimum atomic E-state index is 0.349. The van der Waals surface area contributed by atoms with E-state index in [2.05, 4.69) is 15.8 Å². The highest BCUT2D eigenvalue weighted by Crippen LogP contribution is 2.30. The average Bonchev–Trinajstić information content (AvgIpc) is 3.49. The summed E-state index contributed by atoms with van der Waals surface area (Å²) in [5, 5.41) is 14.5. The maximum absolute atomic E-state index is 5.36. The van der Waals surface area contributed by atoms with Crippen LogP contribution in [0.2, 0.25) is 0 Å². The first-order chi connectivity index (χ1) is 15.7. The molecule has 7 nitrogen and oxygen atoms in total. The van der Waals surface area contributed by atoms with Gasteiger partial charge >= 0.3 is 0 Å². The summed E-state index contributed by atoms with van der Waals surface area (Å²) in [5.41, 5.74) is 6.31. The van der Waals surface area contributed by atoms with Crippen LogP contribution in [-0.2, 0) is 0 Å². The standard InChI is InChI=1S/C23H21N5O2S2/c1-29-19-11-10-17(13-20(19)30-2)25-23(31)26-24-14-16-15-28(18-7-4-3-5-8-18)27-22(16)21-9-6-12-32-21/h3-15H,1-2H3,(H2,25,26,31). The molecule has 0 saturated heterocycles. The molecule has 9 heteroatoms. The summed E-state index contributed by atoms with van der Waals surface area (Å²) in [6.45, 7) is 0. The second-order valence-electron chi connectivity index (χ2n) is 6.58. The fraction of sp³-hybridized carbons (Fsp3) is 0.0870. The van der Waals surface area contributed by atoms with Crippen molar-refractivity contribution in [3.63, 3.8) is 0 Å². The minimum absolute atomic E-state index is 0.349. The number of anilines is 1. The van der Waals surface area contributed by atoms with Crippen LogP contribution >= 0.6 is 23.6 Å². The number of nitrogens with zero attached hydrogens (tertiary/aromatic N) is 3. The Labute approximate surface area is 195 Å². The van der Waals surface area contributed by atoms with E-state index >= 15 is 0 Å². The SMILES string of the molecule is COc1ccc(NC(=S)NN=Cc2cn(-c3ccccc3)nc2-c2cccs2)cc1OC. The van der Waals surface area contributed by atoms with Gasteiger partial charge in [0.05, 0.1) is 31.0 Å². The summed E-state index contributed by atoms with van der Waals surface area (Å²) >= 11 is 6.99. The van der Waals surface area contributed by atoms with Gasteiger partial charge in [-0.2, -0.15) is 10.2 Å². The number of para-hydroxylation sites is 1. The molecule has 2 aromatic heterocycles. The molecule has 0 aliphatic rings. The van der Waals surface area contributed by atoms with Gasteiger partial charge in [-0.3, -0.25) is 5.43 Å². The van der Waals surface area contributed by atoms with Gasteiger partial charge in [-0.25, -0.2) is 4.68 Å². The lowest BCUT2D eigenvalue weighted by molar-refractivity contribution is 0.355. The molecule has 0 bridgehead atoms. The topological polar surface area (TPSA) is 72.7 Å². The summed E-state index contributed by atoms with van der Waals surface area (Å²) in [6, 6.07) is 19.4. The number of hydrazone groups is 1. The molecule has 4 rings (SSSR count). The Bertz CT molecular complexity index is 1220. The Kier molecular flexibility index (Phi) is 6.78. The monoisotopic (exact) mass is 463 g/mol. The molecule has 2 heterocycles. The molecule has 2 aromatic carbocycles. The second kappa shape index (κ2) is 10.1. The summed E-state index contributed by atoms with van der Waals surface area (Å²) < 4.78 is 12.4. The highest BCUT2D eigenvalue weighted by atomic mass is 32.1. The highest BCUT2D eigenvalue weighted by molar-refractivity contribution is 7.80. The molecule has 0 fully saturated rings. The quantitative estimate of drug-likeness (QED) is 0.230. The molecular formula is C23H21N5O2S2. The Balaban J connectivity index is 1.49. The van der Waals surface area contributed by atoms with E-state index in [1.54, 1.807) is 43.9 Å². The van der Waals surface area contributed by atoms with Gasteiger partial charge in [0.2, 0.25) is 0 Å². The summed E-state index contributed by atoms with van der Waals surface area (Å²) in [5.74, 6) is 1.25. The molecule has 0 atom stereocenters. The van der Waals surface area contributed by atoms with Gasteiger partial charge in [0.15, 0.2) is 16.6 Å².